The molecule has 4 nitrogen and oxygen atoms in total. The van der Waals surface area contributed by atoms with E-state index < -0.39 is 5.72 Å². The molecule has 1 spiro atoms. The van der Waals surface area contributed by atoms with Crippen LogP contribution in [0.15, 0.2) is 24.3 Å². The average Bonchev–Trinajstić information content (AvgIpc) is 2.68. The maximum Gasteiger partial charge on any atom is 0.171 e. The Morgan fingerprint density at radius 3 is 2.52 bits per heavy atom. The number of nitrogens with zero attached hydrogens (tertiary/aromatic N) is 1. The first-order chi connectivity index (χ1) is 13.1. The number of ether oxygens (including phenoxy) is 1. The van der Waals surface area contributed by atoms with E-state index in [0.29, 0.717) is 0 Å². The minimum Gasteiger partial charge on any atom is -0.497 e. The summed E-state index contributed by atoms with van der Waals surface area (Å²) < 4.78 is 5.25. The maximum absolute atomic E-state index is 11.9. The van der Waals surface area contributed by atoms with Crippen LogP contribution in [0.2, 0.25) is 0 Å². The van der Waals surface area contributed by atoms with Gasteiger partial charge < -0.3 is 20.1 Å². The van der Waals surface area contributed by atoms with Crippen LogP contribution in [0.4, 0.5) is 0 Å². The van der Waals surface area contributed by atoms with Gasteiger partial charge in [-0.1, -0.05) is 37.8 Å². The van der Waals surface area contributed by atoms with Crippen molar-refractivity contribution in [2.24, 2.45) is 5.92 Å². The van der Waals surface area contributed by atoms with Crippen molar-refractivity contribution in [1.29, 1.82) is 0 Å². The van der Waals surface area contributed by atoms with Crippen LogP contribution in [0.25, 0.3) is 0 Å². The molecular formula is C22H32N2O2S. The van der Waals surface area contributed by atoms with Crippen LogP contribution in [-0.2, 0) is 6.42 Å². The van der Waals surface area contributed by atoms with Crippen molar-refractivity contribution in [3.05, 3.63) is 29.8 Å². The Hall–Kier alpha value is -1.33. The van der Waals surface area contributed by atoms with E-state index in [-0.39, 0.29) is 11.5 Å². The van der Waals surface area contributed by atoms with E-state index in [2.05, 4.69) is 22.3 Å². The van der Waals surface area contributed by atoms with Crippen LogP contribution < -0.4 is 10.1 Å². The topological polar surface area (TPSA) is 44.7 Å². The molecule has 5 heteroatoms. The van der Waals surface area contributed by atoms with Crippen molar-refractivity contribution in [1.82, 2.24) is 10.2 Å². The Kier molecular flexibility index (Phi) is 5.34. The summed E-state index contributed by atoms with van der Waals surface area (Å²) in [4.78, 5) is 2.11. The lowest BCUT2D eigenvalue weighted by atomic mass is 9.62. The number of rotatable bonds is 4. The molecule has 4 rings (SSSR count). The minimum absolute atomic E-state index is 0.0150. The molecule has 1 saturated heterocycles. The van der Waals surface area contributed by atoms with Gasteiger partial charge in [0.1, 0.15) is 11.5 Å². The number of nitrogens with one attached hydrogen (secondary N) is 1. The normalized spacial score (nSPS) is 29.9. The highest BCUT2D eigenvalue weighted by atomic mass is 32.1. The van der Waals surface area contributed by atoms with E-state index in [0.717, 1.165) is 55.9 Å². The van der Waals surface area contributed by atoms with Crippen molar-refractivity contribution in [3.63, 3.8) is 0 Å². The number of hydrogen-bond acceptors (Lipinski definition) is 3. The Bertz CT molecular complexity index is 671. The van der Waals surface area contributed by atoms with Crippen LogP contribution in [0, 0.1) is 5.92 Å². The molecular weight excluding hydrogens is 356 g/mol. The van der Waals surface area contributed by atoms with Crippen molar-refractivity contribution >= 4 is 17.3 Å². The van der Waals surface area contributed by atoms with Gasteiger partial charge in [-0.05, 0) is 68.4 Å². The van der Waals surface area contributed by atoms with Crippen LogP contribution in [0.1, 0.15) is 63.4 Å². The van der Waals surface area contributed by atoms with Gasteiger partial charge in [-0.25, -0.2) is 0 Å². The molecule has 1 aromatic carbocycles. The van der Waals surface area contributed by atoms with E-state index in [1.54, 1.807) is 7.11 Å². The van der Waals surface area contributed by atoms with E-state index in [1.165, 1.54) is 31.2 Å². The van der Waals surface area contributed by atoms with Crippen molar-refractivity contribution in [3.8, 4) is 5.75 Å². The van der Waals surface area contributed by atoms with Gasteiger partial charge in [0.15, 0.2) is 5.11 Å². The highest BCUT2D eigenvalue weighted by Crippen LogP contribution is 2.50. The Balaban J connectivity index is 1.54. The van der Waals surface area contributed by atoms with Gasteiger partial charge in [0, 0.05) is 18.0 Å². The van der Waals surface area contributed by atoms with E-state index in [9.17, 15) is 5.11 Å². The van der Waals surface area contributed by atoms with Gasteiger partial charge in [-0.2, -0.15) is 0 Å². The standard InChI is InChI=1S/C22H32N2O2S/c1-26-18-10-8-17(9-11-18)12-16-24-20(27)23-21(13-4-2-5-14-21)19-7-3-6-15-22(19,24)25/h8-11,19,25H,2-7,12-16H2,1H3,(H,23,27)/t19-,22+/m1/s1. The predicted octanol–water partition coefficient (Wildman–Crippen LogP) is 4.01. The fourth-order valence-electron chi connectivity index (χ4n) is 5.71. The van der Waals surface area contributed by atoms with E-state index in [1.807, 2.05) is 12.1 Å². The summed E-state index contributed by atoms with van der Waals surface area (Å²) in [6, 6.07) is 8.20. The van der Waals surface area contributed by atoms with E-state index >= 15 is 0 Å². The minimum atomic E-state index is -0.787. The lowest BCUT2D eigenvalue weighted by molar-refractivity contribution is -0.181. The van der Waals surface area contributed by atoms with Gasteiger partial charge in [0.05, 0.1) is 7.11 Å². The number of aliphatic hydroxyl groups is 1. The summed E-state index contributed by atoms with van der Waals surface area (Å²) in [6.07, 6.45) is 11.2. The first-order valence-corrected chi connectivity index (χ1v) is 10.9. The largest absolute Gasteiger partial charge is 0.497 e. The number of benzene rings is 1. The molecule has 0 unspecified atom stereocenters. The third-order valence-corrected chi connectivity index (χ3v) is 7.43. The zero-order valence-corrected chi connectivity index (χ0v) is 17.2. The molecule has 1 heterocycles. The van der Waals surface area contributed by atoms with Crippen LogP contribution in [0.3, 0.4) is 0 Å². The van der Waals surface area contributed by atoms with Gasteiger partial charge in [-0.15, -0.1) is 0 Å². The van der Waals surface area contributed by atoms with Crippen molar-refractivity contribution in [2.75, 3.05) is 13.7 Å². The molecule has 0 radical (unpaired) electrons. The molecule has 27 heavy (non-hydrogen) atoms. The fraction of sp³-hybridized carbons (Fsp3) is 0.682. The summed E-state index contributed by atoms with van der Waals surface area (Å²) in [5.74, 6) is 1.15. The lowest BCUT2D eigenvalue weighted by Crippen LogP contribution is -2.75. The van der Waals surface area contributed by atoms with Crippen molar-refractivity contribution in [2.45, 2.75) is 75.5 Å². The number of fused-ring (bicyclic) bond motifs is 2. The van der Waals surface area contributed by atoms with Gasteiger partial charge in [-0.3, -0.25) is 0 Å². The third-order valence-electron chi connectivity index (χ3n) is 7.11. The molecule has 2 N–H and O–H groups in total. The monoisotopic (exact) mass is 388 g/mol. The van der Waals surface area contributed by atoms with E-state index in [4.69, 9.17) is 17.0 Å². The molecule has 2 atom stereocenters. The average molecular weight is 389 g/mol. The summed E-state index contributed by atoms with van der Waals surface area (Å²) in [6.45, 7) is 0.751. The first kappa shape index (κ1) is 19.0. The molecule has 1 aliphatic heterocycles. The summed E-state index contributed by atoms with van der Waals surface area (Å²) in [5.41, 5.74) is 0.471. The Morgan fingerprint density at radius 2 is 1.81 bits per heavy atom. The summed E-state index contributed by atoms with van der Waals surface area (Å²) >= 11 is 5.81. The number of thiocarbonyl (C=S) groups is 1. The van der Waals surface area contributed by atoms with Crippen molar-refractivity contribution < 1.29 is 9.84 Å². The number of hydrogen-bond donors (Lipinski definition) is 2. The zero-order chi connectivity index (χ0) is 18.9. The molecule has 3 fully saturated rings. The highest BCUT2D eigenvalue weighted by molar-refractivity contribution is 7.80. The van der Waals surface area contributed by atoms with Crippen LogP contribution in [0.5, 0.6) is 5.75 Å². The van der Waals surface area contributed by atoms with Gasteiger partial charge in [0.2, 0.25) is 0 Å². The highest BCUT2D eigenvalue weighted by Gasteiger charge is 2.58. The second kappa shape index (κ2) is 7.59. The van der Waals surface area contributed by atoms with Crippen LogP contribution in [-0.4, -0.2) is 40.0 Å². The molecule has 0 aromatic heterocycles. The third kappa shape index (κ3) is 3.44. The second-order valence-electron chi connectivity index (χ2n) is 8.57. The smallest absolute Gasteiger partial charge is 0.171 e. The molecule has 148 valence electrons. The van der Waals surface area contributed by atoms with Gasteiger partial charge >= 0.3 is 0 Å². The lowest BCUT2D eigenvalue weighted by Gasteiger charge is -2.61. The second-order valence-corrected chi connectivity index (χ2v) is 8.96. The fourth-order valence-corrected chi connectivity index (χ4v) is 6.16. The predicted molar refractivity (Wildman–Crippen MR) is 112 cm³/mol. The molecule has 2 saturated carbocycles. The molecule has 1 aromatic rings. The molecule has 2 aliphatic carbocycles. The van der Waals surface area contributed by atoms with Crippen LogP contribution >= 0.6 is 12.2 Å². The molecule has 0 bridgehead atoms. The van der Waals surface area contributed by atoms with Gasteiger partial charge in [0.25, 0.3) is 0 Å². The summed E-state index contributed by atoms with van der Waals surface area (Å²) in [5, 5.41) is 16.4. The molecule has 3 aliphatic rings. The first-order valence-electron chi connectivity index (χ1n) is 10.5. The maximum atomic E-state index is 11.9. The zero-order valence-electron chi connectivity index (χ0n) is 16.4. The SMILES string of the molecule is COc1ccc(CCN2C(=S)NC3(CCCCC3)[C@H]3CCCC[C@]32O)cc1. The quantitative estimate of drug-likeness (QED) is 0.763. The Morgan fingerprint density at radius 1 is 1.11 bits per heavy atom. The summed E-state index contributed by atoms with van der Waals surface area (Å²) in [7, 11) is 1.69. The molecule has 0 amide bonds. The Labute approximate surface area is 168 Å². The number of methoxy groups -OCH3 is 1.